The number of benzene rings is 2. The minimum atomic E-state index is -0.253. The van der Waals surface area contributed by atoms with E-state index >= 15 is 0 Å². The normalized spacial score (nSPS) is 10.7. The van der Waals surface area contributed by atoms with Gasteiger partial charge in [-0.15, -0.1) is 10.2 Å². The van der Waals surface area contributed by atoms with Gasteiger partial charge in [-0.3, -0.25) is 4.79 Å². The summed E-state index contributed by atoms with van der Waals surface area (Å²) in [5.74, 6) is 0.315. The van der Waals surface area contributed by atoms with Crippen molar-refractivity contribution in [1.29, 1.82) is 0 Å². The summed E-state index contributed by atoms with van der Waals surface area (Å²) in [5.41, 5.74) is 1.46. The molecule has 0 saturated carbocycles. The van der Waals surface area contributed by atoms with E-state index in [-0.39, 0.29) is 11.7 Å². The highest BCUT2D eigenvalue weighted by Crippen LogP contribution is 2.29. The first kappa shape index (κ1) is 19.0. The highest BCUT2D eigenvalue weighted by molar-refractivity contribution is 7.99. The van der Waals surface area contributed by atoms with Gasteiger partial charge in [0.1, 0.15) is 0 Å². The second-order valence-corrected chi connectivity index (χ2v) is 7.35. The number of rotatable bonds is 6. The van der Waals surface area contributed by atoms with Gasteiger partial charge in [-0.25, -0.2) is 0 Å². The zero-order chi connectivity index (χ0) is 18.5. The maximum atomic E-state index is 12.0. The van der Waals surface area contributed by atoms with E-state index in [1.807, 2.05) is 12.1 Å². The number of hydrogen-bond donors (Lipinski definition) is 1. The van der Waals surface area contributed by atoms with Gasteiger partial charge in [0.2, 0.25) is 11.8 Å². The summed E-state index contributed by atoms with van der Waals surface area (Å²) in [4.78, 5) is 12.0. The molecule has 2 aromatic carbocycles. The molecule has 0 aliphatic rings. The molecule has 0 unspecified atom stereocenters. The zero-order valence-electron chi connectivity index (χ0n) is 13.2. The van der Waals surface area contributed by atoms with E-state index in [1.54, 1.807) is 30.3 Å². The number of halogens is 3. The van der Waals surface area contributed by atoms with Crippen LogP contribution in [0, 0.1) is 0 Å². The Kier molecular flexibility index (Phi) is 6.43. The fourth-order valence-electron chi connectivity index (χ4n) is 2.06. The SMILES string of the molecule is O=C(CSc1nnc(Cc2ccc(Cl)cc2)o1)Nc1cccc(Cl)c1Cl. The lowest BCUT2D eigenvalue weighted by atomic mass is 10.1. The fourth-order valence-corrected chi connectivity index (χ4v) is 3.11. The molecule has 0 bridgehead atoms. The fraction of sp³-hybridized carbons (Fsp3) is 0.118. The number of carbonyl (C=O) groups excluding carboxylic acids is 1. The van der Waals surface area contributed by atoms with Crippen LogP contribution in [-0.4, -0.2) is 21.9 Å². The van der Waals surface area contributed by atoms with Crippen LogP contribution >= 0.6 is 46.6 Å². The van der Waals surface area contributed by atoms with Gasteiger partial charge in [0.15, 0.2) is 0 Å². The molecule has 0 saturated heterocycles. The number of nitrogens with one attached hydrogen (secondary N) is 1. The molecule has 5 nitrogen and oxygen atoms in total. The first-order valence-electron chi connectivity index (χ1n) is 7.45. The minimum absolute atomic E-state index is 0.103. The highest BCUT2D eigenvalue weighted by Gasteiger charge is 2.12. The number of amides is 1. The number of nitrogens with zero attached hydrogens (tertiary/aromatic N) is 2. The second-order valence-electron chi connectivity index (χ2n) is 5.20. The number of thioether (sulfide) groups is 1. The molecule has 0 spiro atoms. The molecule has 0 radical (unpaired) electrons. The maximum Gasteiger partial charge on any atom is 0.277 e. The van der Waals surface area contributed by atoms with Gasteiger partial charge in [0.05, 0.1) is 27.9 Å². The summed E-state index contributed by atoms with van der Waals surface area (Å²) >= 11 is 19.0. The van der Waals surface area contributed by atoms with Crippen molar-refractivity contribution < 1.29 is 9.21 Å². The first-order chi connectivity index (χ1) is 12.5. The Balaban J connectivity index is 1.53. The molecule has 1 N–H and O–H groups in total. The lowest BCUT2D eigenvalue weighted by Crippen LogP contribution is -2.14. The number of anilines is 1. The molecule has 1 heterocycles. The quantitative estimate of drug-likeness (QED) is 0.536. The van der Waals surface area contributed by atoms with E-state index in [4.69, 9.17) is 39.2 Å². The van der Waals surface area contributed by atoms with Gasteiger partial charge in [-0.05, 0) is 29.8 Å². The van der Waals surface area contributed by atoms with E-state index in [0.29, 0.717) is 38.3 Å². The molecule has 1 aromatic heterocycles. The third-order valence-electron chi connectivity index (χ3n) is 3.27. The van der Waals surface area contributed by atoms with Crippen LogP contribution < -0.4 is 5.32 Å². The Morgan fingerprint density at radius 1 is 1.08 bits per heavy atom. The molecule has 134 valence electrons. The van der Waals surface area contributed by atoms with Crippen molar-refractivity contribution in [2.24, 2.45) is 0 Å². The molecule has 0 fully saturated rings. The van der Waals surface area contributed by atoms with Gasteiger partial charge in [0, 0.05) is 5.02 Å². The number of carbonyl (C=O) groups is 1. The molecule has 3 aromatic rings. The molecular formula is C17H12Cl3N3O2S. The van der Waals surface area contributed by atoms with Crippen LogP contribution in [0.4, 0.5) is 5.69 Å². The molecule has 26 heavy (non-hydrogen) atoms. The van der Waals surface area contributed by atoms with E-state index in [1.165, 1.54) is 0 Å². The van der Waals surface area contributed by atoms with Crippen molar-refractivity contribution in [3.05, 3.63) is 69.0 Å². The van der Waals surface area contributed by atoms with Crippen LogP contribution in [0.15, 0.2) is 52.1 Å². The van der Waals surface area contributed by atoms with Crippen LogP contribution in [0.25, 0.3) is 0 Å². The largest absolute Gasteiger partial charge is 0.416 e. The van der Waals surface area contributed by atoms with Crippen molar-refractivity contribution in [1.82, 2.24) is 10.2 Å². The molecule has 0 atom stereocenters. The van der Waals surface area contributed by atoms with Crippen molar-refractivity contribution in [2.75, 3.05) is 11.1 Å². The van der Waals surface area contributed by atoms with Gasteiger partial charge in [0.25, 0.3) is 5.22 Å². The Morgan fingerprint density at radius 2 is 1.85 bits per heavy atom. The van der Waals surface area contributed by atoms with Gasteiger partial charge in [-0.1, -0.05) is 64.8 Å². The summed E-state index contributed by atoms with van der Waals surface area (Å²) < 4.78 is 5.54. The van der Waals surface area contributed by atoms with Gasteiger partial charge < -0.3 is 9.73 Å². The molecule has 0 aliphatic carbocycles. The standard InChI is InChI=1S/C17H12Cl3N3O2S/c18-11-6-4-10(5-7-11)8-15-22-23-17(25-15)26-9-14(24)21-13-3-1-2-12(19)16(13)20/h1-7H,8-9H2,(H,21,24). The van der Waals surface area contributed by atoms with E-state index < -0.39 is 0 Å². The average Bonchev–Trinajstić information content (AvgIpc) is 3.07. The van der Waals surface area contributed by atoms with Crippen molar-refractivity contribution in [3.8, 4) is 0 Å². The third kappa shape index (κ3) is 5.14. The summed E-state index contributed by atoms with van der Waals surface area (Å²) in [5, 5.41) is 12.3. The zero-order valence-corrected chi connectivity index (χ0v) is 16.3. The third-order valence-corrected chi connectivity index (χ3v) is 5.16. The Hall–Kier alpha value is -1.73. The minimum Gasteiger partial charge on any atom is -0.416 e. The van der Waals surface area contributed by atoms with Crippen LogP contribution in [0.1, 0.15) is 11.5 Å². The Labute approximate surface area is 169 Å². The molecule has 3 rings (SSSR count). The van der Waals surface area contributed by atoms with E-state index in [2.05, 4.69) is 15.5 Å². The lowest BCUT2D eigenvalue weighted by molar-refractivity contribution is -0.113. The molecule has 9 heteroatoms. The van der Waals surface area contributed by atoms with Gasteiger partial charge in [-0.2, -0.15) is 0 Å². The lowest BCUT2D eigenvalue weighted by Gasteiger charge is -2.07. The van der Waals surface area contributed by atoms with E-state index in [0.717, 1.165) is 17.3 Å². The Morgan fingerprint density at radius 3 is 2.62 bits per heavy atom. The monoisotopic (exact) mass is 427 g/mol. The van der Waals surface area contributed by atoms with Crippen molar-refractivity contribution >= 4 is 58.2 Å². The van der Waals surface area contributed by atoms with Crippen molar-refractivity contribution in [3.63, 3.8) is 0 Å². The number of hydrogen-bond acceptors (Lipinski definition) is 5. The second kappa shape index (κ2) is 8.77. The topological polar surface area (TPSA) is 68.0 Å². The smallest absolute Gasteiger partial charge is 0.277 e. The van der Waals surface area contributed by atoms with Gasteiger partial charge >= 0.3 is 0 Å². The van der Waals surface area contributed by atoms with Crippen LogP contribution in [0.5, 0.6) is 0 Å². The highest BCUT2D eigenvalue weighted by atomic mass is 35.5. The van der Waals surface area contributed by atoms with Crippen LogP contribution in [0.3, 0.4) is 0 Å². The molecule has 1 amide bonds. The predicted molar refractivity (Wildman–Crippen MR) is 104 cm³/mol. The first-order valence-corrected chi connectivity index (χ1v) is 9.56. The summed E-state index contributed by atoms with van der Waals surface area (Å²) in [6.45, 7) is 0. The van der Waals surface area contributed by atoms with Crippen LogP contribution in [0.2, 0.25) is 15.1 Å². The number of aromatic nitrogens is 2. The van der Waals surface area contributed by atoms with E-state index in [9.17, 15) is 4.79 Å². The molecular weight excluding hydrogens is 417 g/mol. The average molecular weight is 429 g/mol. The van der Waals surface area contributed by atoms with Crippen molar-refractivity contribution in [2.45, 2.75) is 11.6 Å². The summed E-state index contributed by atoms with van der Waals surface area (Å²) in [6.07, 6.45) is 0.495. The summed E-state index contributed by atoms with van der Waals surface area (Å²) in [6, 6.07) is 12.4. The Bertz CT molecular complexity index is 916. The summed E-state index contributed by atoms with van der Waals surface area (Å²) in [7, 11) is 0. The maximum absolute atomic E-state index is 12.0. The van der Waals surface area contributed by atoms with Crippen LogP contribution in [-0.2, 0) is 11.2 Å². The molecule has 0 aliphatic heterocycles. The predicted octanol–water partition coefficient (Wildman–Crippen LogP) is 5.35.